The molecule has 66 heavy (non-hydrogen) atoms. The molecule has 4 fully saturated rings. The molecular formula is C64H49NS. The summed E-state index contributed by atoms with van der Waals surface area (Å²) in [6, 6.07) is 80.1. The molecule has 0 atom stereocenters. The van der Waals surface area contributed by atoms with Crippen LogP contribution in [-0.4, -0.2) is 0 Å². The molecule has 316 valence electrons. The smallest absolute Gasteiger partial charge is 0.0540 e. The molecule has 5 aliphatic rings. The van der Waals surface area contributed by atoms with Crippen LogP contribution in [0, 0.1) is 23.7 Å². The van der Waals surface area contributed by atoms with Gasteiger partial charge in [0.2, 0.25) is 0 Å². The van der Waals surface area contributed by atoms with Gasteiger partial charge in [-0.3, -0.25) is 0 Å². The molecule has 2 heteroatoms. The van der Waals surface area contributed by atoms with Gasteiger partial charge in [-0.15, -0.1) is 11.3 Å². The highest BCUT2D eigenvalue weighted by Gasteiger charge is 2.61. The number of benzene rings is 9. The Kier molecular flexibility index (Phi) is 8.71. The minimum atomic E-state index is 0.0720. The first kappa shape index (κ1) is 38.3. The van der Waals surface area contributed by atoms with Crippen molar-refractivity contribution in [3.8, 4) is 55.6 Å². The molecular weight excluding hydrogens is 815 g/mol. The maximum absolute atomic E-state index is 2.65. The quantitative estimate of drug-likeness (QED) is 0.154. The molecule has 0 N–H and O–H groups in total. The number of fused-ring (bicyclic) bond motifs is 6. The molecule has 5 aliphatic carbocycles. The van der Waals surface area contributed by atoms with E-state index in [1.807, 2.05) is 11.3 Å². The summed E-state index contributed by atoms with van der Waals surface area (Å²) in [7, 11) is 0. The molecule has 15 rings (SSSR count). The molecule has 4 saturated carbocycles. The van der Waals surface area contributed by atoms with Crippen LogP contribution in [0.15, 0.2) is 212 Å². The van der Waals surface area contributed by atoms with Crippen molar-refractivity contribution in [3.05, 3.63) is 223 Å². The van der Waals surface area contributed by atoms with Gasteiger partial charge >= 0.3 is 0 Å². The maximum atomic E-state index is 2.65. The Balaban J connectivity index is 0.957. The van der Waals surface area contributed by atoms with Gasteiger partial charge in [-0.2, -0.15) is 0 Å². The van der Waals surface area contributed by atoms with Gasteiger partial charge in [0.15, 0.2) is 0 Å². The van der Waals surface area contributed by atoms with E-state index in [0.717, 1.165) is 17.5 Å². The van der Waals surface area contributed by atoms with E-state index in [0.29, 0.717) is 11.8 Å². The molecule has 1 nitrogen and oxygen atoms in total. The molecule has 1 aromatic heterocycles. The molecule has 0 radical (unpaired) electrons. The largest absolute Gasteiger partial charge is 0.310 e. The predicted molar refractivity (Wildman–Crippen MR) is 279 cm³/mol. The number of rotatable bonds is 7. The highest BCUT2D eigenvalue weighted by atomic mass is 32.1. The molecule has 1 heterocycles. The summed E-state index contributed by atoms with van der Waals surface area (Å²) in [5.41, 5.74) is 19.5. The van der Waals surface area contributed by atoms with E-state index in [1.165, 1.54) is 119 Å². The molecule has 1 spiro atoms. The summed E-state index contributed by atoms with van der Waals surface area (Å²) in [6.45, 7) is 0. The summed E-state index contributed by atoms with van der Waals surface area (Å²) < 4.78 is 2.68. The lowest BCUT2D eigenvalue weighted by atomic mass is 9.43. The fourth-order valence-electron chi connectivity index (χ4n) is 13.9. The average molecular weight is 864 g/mol. The van der Waals surface area contributed by atoms with Crippen molar-refractivity contribution in [2.45, 2.75) is 37.5 Å². The van der Waals surface area contributed by atoms with Gasteiger partial charge in [-0.25, -0.2) is 0 Å². The first-order valence-corrected chi connectivity index (χ1v) is 24.9. The number of thiophene rings is 1. The number of anilines is 3. The van der Waals surface area contributed by atoms with Crippen molar-refractivity contribution >= 4 is 48.6 Å². The lowest BCUT2D eigenvalue weighted by molar-refractivity contribution is -0.0399. The zero-order chi connectivity index (χ0) is 43.3. The van der Waals surface area contributed by atoms with Crippen LogP contribution in [0.3, 0.4) is 0 Å². The second-order valence-corrected chi connectivity index (χ2v) is 20.7. The Morgan fingerprint density at radius 3 is 1.65 bits per heavy atom. The highest BCUT2D eigenvalue weighted by Crippen LogP contribution is 2.69. The lowest BCUT2D eigenvalue weighted by Crippen LogP contribution is -2.55. The van der Waals surface area contributed by atoms with Crippen LogP contribution in [0.5, 0.6) is 0 Å². The van der Waals surface area contributed by atoms with E-state index >= 15 is 0 Å². The molecule has 4 bridgehead atoms. The van der Waals surface area contributed by atoms with Gasteiger partial charge in [-0.1, -0.05) is 164 Å². The monoisotopic (exact) mass is 863 g/mol. The van der Waals surface area contributed by atoms with Crippen LogP contribution in [0.4, 0.5) is 17.1 Å². The Morgan fingerprint density at radius 1 is 0.348 bits per heavy atom. The lowest BCUT2D eigenvalue weighted by Gasteiger charge is -2.61. The van der Waals surface area contributed by atoms with Crippen LogP contribution < -0.4 is 4.90 Å². The third kappa shape index (κ3) is 5.77. The normalized spacial score (nSPS) is 21.1. The Labute approximate surface area is 391 Å². The van der Waals surface area contributed by atoms with Crippen LogP contribution >= 0.6 is 11.3 Å². The second kappa shape index (κ2) is 15.0. The molecule has 9 aromatic carbocycles. The van der Waals surface area contributed by atoms with Crippen LogP contribution in [0.1, 0.15) is 43.2 Å². The van der Waals surface area contributed by atoms with E-state index in [2.05, 4.69) is 217 Å². The topological polar surface area (TPSA) is 3.24 Å². The van der Waals surface area contributed by atoms with Crippen molar-refractivity contribution in [1.29, 1.82) is 0 Å². The van der Waals surface area contributed by atoms with Crippen molar-refractivity contribution in [3.63, 3.8) is 0 Å². The summed E-state index contributed by atoms with van der Waals surface area (Å²) in [5, 5.41) is 2.67. The number of hydrogen-bond donors (Lipinski definition) is 0. The van der Waals surface area contributed by atoms with Crippen LogP contribution in [-0.2, 0) is 5.41 Å². The number of hydrogen-bond acceptors (Lipinski definition) is 2. The number of nitrogens with zero attached hydrogens (tertiary/aromatic N) is 1. The van der Waals surface area contributed by atoms with Crippen molar-refractivity contribution in [1.82, 2.24) is 0 Å². The summed E-state index contributed by atoms with van der Waals surface area (Å²) in [5.74, 6) is 3.18. The van der Waals surface area contributed by atoms with Crippen LogP contribution in [0.2, 0.25) is 0 Å². The standard InChI is InChI=1S/C64H49NS/c1-2-14-44(15-3-1)50-16-4-5-17-51(50)52-18-6-7-19-53(52)56-21-9-12-24-61(56)65(48-29-26-43(27-30-48)45-28-33-63-58(39-45)57-22-10-13-25-62(57)66-63)49-31-32-55-54-20-8-11-23-59(54)64(60(55)40-49)46-35-41-34-42(37-46)38-47(64)36-41/h1-33,39-42,46-47H,34-38H2. The molecule has 0 unspecified atom stereocenters. The zero-order valence-corrected chi connectivity index (χ0v) is 37.7. The van der Waals surface area contributed by atoms with Gasteiger partial charge < -0.3 is 4.90 Å². The second-order valence-electron chi connectivity index (χ2n) is 19.6. The van der Waals surface area contributed by atoms with E-state index in [-0.39, 0.29) is 5.41 Å². The molecule has 0 aliphatic heterocycles. The predicted octanol–water partition coefficient (Wildman–Crippen LogP) is 17.9. The average Bonchev–Trinajstić information content (AvgIpc) is 3.89. The third-order valence-electron chi connectivity index (χ3n) is 16.3. The van der Waals surface area contributed by atoms with Crippen LogP contribution in [0.25, 0.3) is 75.8 Å². The Morgan fingerprint density at radius 2 is 0.894 bits per heavy atom. The minimum absolute atomic E-state index is 0.0720. The fourth-order valence-corrected chi connectivity index (χ4v) is 14.9. The van der Waals surface area contributed by atoms with E-state index < -0.39 is 0 Å². The number of para-hydroxylation sites is 1. The van der Waals surface area contributed by atoms with Gasteiger partial charge in [0.1, 0.15) is 0 Å². The third-order valence-corrected chi connectivity index (χ3v) is 17.4. The molecule has 0 saturated heterocycles. The van der Waals surface area contributed by atoms with Crippen molar-refractivity contribution in [2.75, 3.05) is 4.90 Å². The van der Waals surface area contributed by atoms with Crippen molar-refractivity contribution in [2.24, 2.45) is 23.7 Å². The molecule has 10 aromatic rings. The highest BCUT2D eigenvalue weighted by molar-refractivity contribution is 7.25. The van der Waals surface area contributed by atoms with E-state index in [1.54, 1.807) is 11.1 Å². The van der Waals surface area contributed by atoms with Crippen molar-refractivity contribution < 1.29 is 0 Å². The fraction of sp³-hybridized carbons (Fsp3) is 0.156. The summed E-state index contributed by atoms with van der Waals surface area (Å²) in [4.78, 5) is 2.57. The summed E-state index contributed by atoms with van der Waals surface area (Å²) >= 11 is 1.88. The first-order chi connectivity index (χ1) is 32.7. The SMILES string of the molecule is c1ccc(-c2ccccc2-c2ccccc2-c2ccccc2N(c2ccc(-c3ccc4sc5ccccc5c4c3)cc2)c2ccc3c(c2)C2(c4ccccc4-3)C3CC4CC(C3)CC2C4)cc1. The first-order valence-electron chi connectivity index (χ1n) is 24.1. The van der Waals surface area contributed by atoms with Gasteiger partial charge in [0.05, 0.1) is 5.69 Å². The van der Waals surface area contributed by atoms with Gasteiger partial charge in [0.25, 0.3) is 0 Å². The molecule has 0 amide bonds. The van der Waals surface area contributed by atoms with Gasteiger partial charge in [0, 0.05) is 42.5 Å². The summed E-state index contributed by atoms with van der Waals surface area (Å²) in [6.07, 6.45) is 6.92. The van der Waals surface area contributed by atoms with Gasteiger partial charge in [-0.05, 0) is 166 Å². The Bertz CT molecular complexity index is 3480. The van der Waals surface area contributed by atoms with E-state index in [4.69, 9.17) is 0 Å². The maximum Gasteiger partial charge on any atom is 0.0540 e. The zero-order valence-electron chi connectivity index (χ0n) is 36.9. The van der Waals surface area contributed by atoms with E-state index in [9.17, 15) is 0 Å². The Hall–Kier alpha value is -7.00. The minimum Gasteiger partial charge on any atom is -0.310 e.